The van der Waals surface area contributed by atoms with E-state index in [1.165, 1.54) is 11.3 Å². The molecule has 1 aliphatic heterocycles. The van der Waals surface area contributed by atoms with Crippen molar-refractivity contribution in [2.45, 2.75) is 71.6 Å². The molecule has 2 N–H and O–H groups in total. The number of piperidine rings is 1. The Morgan fingerprint density at radius 1 is 1.30 bits per heavy atom. The van der Waals surface area contributed by atoms with Crippen molar-refractivity contribution in [3.05, 3.63) is 17.5 Å². The molecule has 0 unspecified atom stereocenters. The number of rotatable bonds is 3. The van der Waals surface area contributed by atoms with E-state index in [0.717, 1.165) is 44.7 Å². The molecule has 0 radical (unpaired) electrons. The second kappa shape index (κ2) is 6.36. The van der Waals surface area contributed by atoms with Crippen molar-refractivity contribution in [2.75, 3.05) is 18.0 Å². The summed E-state index contributed by atoms with van der Waals surface area (Å²) in [5.41, 5.74) is 2.71. The number of nitrogens with one attached hydrogen (secondary N) is 1. The Labute approximate surface area is 139 Å². The van der Waals surface area contributed by atoms with Crippen LogP contribution in [0.3, 0.4) is 0 Å². The number of nitrogens with zero attached hydrogens (tertiary/aromatic N) is 3. The van der Waals surface area contributed by atoms with E-state index in [4.69, 9.17) is 4.98 Å². The van der Waals surface area contributed by atoms with Crippen LogP contribution in [-0.2, 0) is 6.42 Å². The number of fused-ring (bicyclic) bond motifs is 1. The second-order valence-electron chi connectivity index (χ2n) is 8.21. The molecule has 5 heteroatoms. The minimum atomic E-state index is -0.164. The van der Waals surface area contributed by atoms with Gasteiger partial charge in [0, 0.05) is 36.9 Å². The van der Waals surface area contributed by atoms with Crippen LogP contribution in [0.4, 0.5) is 5.95 Å². The van der Waals surface area contributed by atoms with Crippen molar-refractivity contribution >= 4 is 5.95 Å². The van der Waals surface area contributed by atoms with E-state index >= 15 is 0 Å². The monoisotopic (exact) mass is 318 g/mol. The smallest absolute Gasteiger partial charge is 0.225 e. The van der Waals surface area contributed by atoms with Gasteiger partial charge in [0.25, 0.3) is 0 Å². The van der Waals surface area contributed by atoms with Gasteiger partial charge in [0.05, 0.1) is 11.8 Å². The molecule has 1 saturated heterocycles. The number of hydrogen-bond donors (Lipinski definition) is 2. The maximum atomic E-state index is 9.68. The van der Waals surface area contributed by atoms with Gasteiger partial charge in [0.15, 0.2) is 0 Å². The summed E-state index contributed by atoms with van der Waals surface area (Å²) in [6.07, 6.45) is 5.61. The van der Waals surface area contributed by atoms with Gasteiger partial charge in [-0.2, -0.15) is 0 Å². The summed E-state index contributed by atoms with van der Waals surface area (Å²) in [5.74, 6) is 0.830. The largest absolute Gasteiger partial charge is 0.393 e. The molecule has 1 atom stereocenters. The summed E-state index contributed by atoms with van der Waals surface area (Å²) in [7, 11) is 0. The number of aliphatic hydroxyl groups excluding tert-OH is 1. The summed E-state index contributed by atoms with van der Waals surface area (Å²) in [4.78, 5) is 11.8. The van der Waals surface area contributed by atoms with Crippen LogP contribution in [0, 0.1) is 5.41 Å². The number of aromatic nitrogens is 2. The lowest BCUT2D eigenvalue weighted by atomic mass is 9.74. The fourth-order valence-electron chi connectivity index (χ4n) is 3.81. The van der Waals surface area contributed by atoms with Crippen LogP contribution in [0.5, 0.6) is 0 Å². The normalized spacial score (nSPS) is 24.8. The van der Waals surface area contributed by atoms with Crippen molar-refractivity contribution in [1.82, 2.24) is 15.3 Å². The molecule has 0 aromatic carbocycles. The molecule has 2 heterocycles. The molecule has 0 amide bonds. The molecular formula is C18H30N4O. The second-order valence-corrected chi connectivity index (χ2v) is 8.21. The van der Waals surface area contributed by atoms with Crippen molar-refractivity contribution in [3.63, 3.8) is 0 Å². The Hall–Kier alpha value is -1.20. The zero-order valence-corrected chi connectivity index (χ0v) is 14.8. The van der Waals surface area contributed by atoms with Crippen molar-refractivity contribution < 1.29 is 5.11 Å². The predicted octanol–water partition coefficient (Wildman–Crippen LogP) is 2.45. The molecule has 0 spiro atoms. The maximum Gasteiger partial charge on any atom is 0.225 e. The zero-order valence-electron chi connectivity index (χ0n) is 14.8. The summed E-state index contributed by atoms with van der Waals surface area (Å²) < 4.78 is 0. The van der Waals surface area contributed by atoms with Crippen molar-refractivity contribution in [3.8, 4) is 0 Å². The summed E-state index contributed by atoms with van der Waals surface area (Å²) >= 11 is 0. The van der Waals surface area contributed by atoms with Crippen LogP contribution < -0.4 is 10.2 Å². The molecule has 128 valence electrons. The van der Waals surface area contributed by atoms with Gasteiger partial charge in [0.1, 0.15) is 0 Å². The van der Waals surface area contributed by atoms with Gasteiger partial charge in [-0.05, 0) is 31.1 Å². The summed E-state index contributed by atoms with van der Waals surface area (Å²) in [5, 5.41) is 13.3. The maximum absolute atomic E-state index is 9.68. The van der Waals surface area contributed by atoms with Gasteiger partial charge in [-0.15, -0.1) is 0 Å². The van der Waals surface area contributed by atoms with Crippen LogP contribution in [0.2, 0.25) is 0 Å². The average molecular weight is 318 g/mol. The minimum Gasteiger partial charge on any atom is -0.393 e. The van der Waals surface area contributed by atoms with Crippen molar-refractivity contribution in [1.29, 1.82) is 0 Å². The third kappa shape index (κ3) is 3.83. The van der Waals surface area contributed by atoms with Gasteiger partial charge in [-0.1, -0.05) is 27.7 Å². The fourth-order valence-corrected chi connectivity index (χ4v) is 3.81. The molecule has 0 saturated carbocycles. The predicted molar refractivity (Wildman–Crippen MR) is 92.6 cm³/mol. The third-order valence-corrected chi connectivity index (χ3v) is 4.95. The first-order valence-corrected chi connectivity index (χ1v) is 8.89. The summed E-state index contributed by atoms with van der Waals surface area (Å²) in [6.45, 7) is 10.7. The van der Waals surface area contributed by atoms with E-state index in [-0.39, 0.29) is 11.5 Å². The number of aliphatic hydroxyl groups is 1. The zero-order chi connectivity index (χ0) is 16.6. The first-order chi connectivity index (χ1) is 10.8. The molecule has 1 aliphatic carbocycles. The Bertz CT molecular complexity index is 550. The Balaban J connectivity index is 1.86. The van der Waals surface area contributed by atoms with E-state index < -0.39 is 0 Å². The number of hydrogen-bond acceptors (Lipinski definition) is 5. The van der Waals surface area contributed by atoms with E-state index in [2.05, 4.69) is 42.9 Å². The molecule has 1 aromatic heterocycles. The lowest BCUT2D eigenvalue weighted by molar-refractivity contribution is 0.145. The van der Waals surface area contributed by atoms with Gasteiger partial charge < -0.3 is 15.3 Å². The van der Waals surface area contributed by atoms with Crippen molar-refractivity contribution in [2.24, 2.45) is 5.41 Å². The minimum absolute atomic E-state index is 0.164. The Kier molecular flexibility index (Phi) is 4.61. The standard InChI is InChI=1S/C18H30N4O/c1-12(2)20-15-9-18(3,4)10-16-14(15)11-19-17(21-16)22-7-5-13(23)6-8-22/h11-13,15,20,23H,5-10H2,1-4H3/t15-/m0/s1. The molecular weight excluding hydrogens is 288 g/mol. The molecule has 2 aliphatic rings. The van der Waals surface area contributed by atoms with Gasteiger partial charge in [0.2, 0.25) is 5.95 Å². The number of anilines is 1. The first kappa shape index (κ1) is 16.7. The first-order valence-electron chi connectivity index (χ1n) is 8.89. The van der Waals surface area contributed by atoms with Crippen LogP contribution in [-0.4, -0.2) is 40.3 Å². The highest BCUT2D eigenvalue weighted by atomic mass is 16.3. The van der Waals surface area contributed by atoms with E-state index in [9.17, 15) is 5.11 Å². The van der Waals surface area contributed by atoms with Crippen LogP contribution in [0.25, 0.3) is 0 Å². The Morgan fingerprint density at radius 2 is 2.00 bits per heavy atom. The molecule has 23 heavy (non-hydrogen) atoms. The summed E-state index contributed by atoms with van der Waals surface area (Å²) in [6, 6.07) is 0.788. The molecule has 0 bridgehead atoms. The quantitative estimate of drug-likeness (QED) is 0.896. The average Bonchev–Trinajstić information content (AvgIpc) is 2.45. The fraction of sp³-hybridized carbons (Fsp3) is 0.778. The van der Waals surface area contributed by atoms with Gasteiger partial charge in [-0.3, -0.25) is 0 Å². The lowest BCUT2D eigenvalue weighted by Crippen LogP contribution is -2.39. The molecule has 3 rings (SSSR count). The van der Waals surface area contributed by atoms with E-state index in [0.29, 0.717) is 12.1 Å². The molecule has 5 nitrogen and oxygen atoms in total. The molecule has 1 fully saturated rings. The van der Waals surface area contributed by atoms with E-state index in [1.807, 2.05) is 6.20 Å². The third-order valence-electron chi connectivity index (χ3n) is 4.95. The topological polar surface area (TPSA) is 61.3 Å². The van der Waals surface area contributed by atoms with Crippen LogP contribution in [0.15, 0.2) is 6.20 Å². The Morgan fingerprint density at radius 3 is 2.65 bits per heavy atom. The van der Waals surface area contributed by atoms with Crippen LogP contribution >= 0.6 is 0 Å². The molecule has 1 aromatic rings. The highest BCUT2D eigenvalue weighted by molar-refractivity contribution is 5.37. The van der Waals surface area contributed by atoms with E-state index in [1.54, 1.807) is 0 Å². The lowest BCUT2D eigenvalue weighted by Gasteiger charge is -2.38. The SMILES string of the molecule is CC(C)N[C@H]1CC(C)(C)Cc2nc(N3CCC(O)CC3)ncc21. The van der Waals surface area contributed by atoms with Gasteiger partial charge >= 0.3 is 0 Å². The van der Waals surface area contributed by atoms with Gasteiger partial charge in [-0.25, -0.2) is 9.97 Å². The highest BCUT2D eigenvalue weighted by Gasteiger charge is 2.34. The van der Waals surface area contributed by atoms with Crippen LogP contribution in [0.1, 0.15) is 64.3 Å². The highest BCUT2D eigenvalue weighted by Crippen LogP contribution is 2.40.